The van der Waals surface area contributed by atoms with Crippen molar-refractivity contribution in [3.05, 3.63) is 115 Å². The maximum Gasteiger partial charge on any atom is 0.412 e. The molecule has 244 valence electrons. The van der Waals surface area contributed by atoms with E-state index in [9.17, 15) is 19.5 Å². The fourth-order valence-corrected chi connectivity index (χ4v) is 4.70. The Kier molecular flexibility index (Phi) is 11.2. The molecule has 4 aromatic carbocycles. The molecule has 0 aromatic heterocycles. The number of carbonyl (C=O) groups excluding carboxylic acids is 3. The zero-order valence-electron chi connectivity index (χ0n) is 25.2. The van der Waals surface area contributed by atoms with E-state index in [1.54, 1.807) is 84.9 Å². The fraction of sp³-hybridized carbons (Fsp3) is 0.206. The zero-order chi connectivity index (χ0) is 33.0. The Labute approximate surface area is 270 Å². The van der Waals surface area contributed by atoms with E-state index in [-0.39, 0.29) is 0 Å². The lowest BCUT2D eigenvalue weighted by molar-refractivity contribution is -0.290. The van der Waals surface area contributed by atoms with Gasteiger partial charge in [-0.2, -0.15) is 0 Å². The topological polar surface area (TPSA) is 163 Å². The third kappa shape index (κ3) is 9.20. The van der Waals surface area contributed by atoms with E-state index in [1.807, 2.05) is 30.3 Å². The first-order valence-electron chi connectivity index (χ1n) is 14.6. The van der Waals surface area contributed by atoms with Crippen molar-refractivity contribution in [2.75, 3.05) is 29.7 Å². The third-order valence-corrected chi connectivity index (χ3v) is 6.85. The number of carbonyl (C=O) groups is 3. The Morgan fingerprint density at radius 2 is 1.02 bits per heavy atom. The molecule has 4 aromatic rings. The lowest BCUT2D eigenvalue weighted by atomic mass is 9.98. The van der Waals surface area contributed by atoms with E-state index >= 15 is 0 Å². The van der Waals surface area contributed by atoms with Gasteiger partial charge in [0.2, 0.25) is 0 Å². The average Bonchev–Trinajstić information content (AvgIpc) is 3.08. The van der Waals surface area contributed by atoms with Gasteiger partial charge in [-0.25, -0.2) is 14.4 Å². The molecule has 1 aliphatic heterocycles. The highest BCUT2D eigenvalue weighted by atomic mass is 16.7. The molecular formula is C34H33N3O10. The molecule has 0 radical (unpaired) electrons. The quantitative estimate of drug-likeness (QED) is 0.151. The summed E-state index contributed by atoms with van der Waals surface area (Å²) < 4.78 is 34.0. The van der Waals surface area contributed by atoms with Gasteiger partial charge in [-0.15, -0.1) is 0 Å². The first-order valence-corrected chi connectivity index (χ1v) is 14.6. The molecule has 3 amide bonds. The first kappa shape index (κ1) is 32.8. The maximum atomic E-state index is 13.2. The highest BCUT2D eigenvalue weighted by Gasteiger charge is 2.52. The van der Waals surface area contributed by atoms with Crippen molar-refractivity contribution in [1.29, 1.82) is 0 Å². The minimum Gasteiger partial charge on any atom is -0.457 e. The molecule has 0 unspecified atom stereocenters. The number of ether oxygens (including phenoxy) is 6. The van der Waals surface area contributed by atoms with Gasteiger partial charge in [-0.1, -0.05) is 54.6 Å². The monoisotopic (exact) mass is 643 g/mol. The summed E-state index contributed by atoms with van der Waals surface area (Å²) in [4.78, 5) is 39.2. The number of anilines is 3. The second-order valence-corrected chi connectivity index (χ2v) is 10.1. The van der Waals surface area contributed by atoms with Crippen molar-refractivity contribution >= 4 is 35.3 Å². The molecular weight excluding hydrogens is 610 g/mol. The summed E-state index contributed by atoms with van der Waals surface area (Å²) in [5.41, 5.74) is 1.21. The molecule has 0 saturated carbocycles. The van der Waals surface area contributed by atoms with Gasteiger partial charge in [0.1, 0.15) is 17.6 Å². The van der Waals surface area contributed by atoms with Crippen LogP contribution in [-0.4, -0.2) is 67.8 Å². The minimum absolute atomic E-state index is 0.358. The molecule has 1 aliphatic rings. The normalized spacial score (nSPS) is 20.3. The Morgan fingerprint density at radius 3 is 1.51 bits per heavy atom. The molecule has 47 heavy (non-hydrogen) atoms. The average molecular weight is 644 g/mol. The molecule has 0 spiro atoms. The number of benzene rings is 4. The standard InChI is InChI=1S/C34H33N3O10/c1-42-31-30(47-34(41)36-23-13-7-3-8-14-23)29(46-33(40)35-22-11-5-2-6-12-22)28(27(21-38)44-31)45-32(39)37-24-17-19-26(20-18-24)43-25-15-9-4-10-16-25/h2-20,27-31,38H,21H2,1H3,(H,35,40)(H,36,41)(H,37,39)/t27-,28-,29+,30-,31+/m1/s1. The van der Waals surface area contributed by atoms with Gasteiger partial charge < -0.3 is 33.5 Å². The van der Waals surface area contributed by atoms with Crippen molar-refractivity contribution in [2.24, 2.45) is 0 Å². The third-order valence-electron chi connectivity index (χ3n) is 6.85. The number of hydrogen-bond donors (Lipinski definition) is 4. The number of methoxy groups -OCH3 is 1. The Hall–Kier alpha value is -5.63. The molecule has 1 heterocycles. The van der Waals surface area contributed by atoms with Crippen molar-refractivity contribution in [3.63, 3.8) is 0 Å². The van der Waals surface area contributed by atoms with Crippen molar-refractivity contribution in [1.82, 2.24) is 0 Å². The summed E-state index contributed by atoms with van der Waals surface area (Å²) in [6.45, 7) is -0.660. The molecule has 13 heteroatoms. The number of nitrogens with one attached hydrogen (secondary N) is 3. The van der Waals surface area contributed by atoms with Crippen LogP contribution in [0.3, 0.4) is 0 Å². The van der Waals surface area contributed by atoms with E-state index in [0.29, 0.717) is 28.6 Å². The molecule has 5 rings (SSSR count). The Bertz CT molecular complexity index is 1590. The molecule has 0 bridgehead atoms. The van der Waals surface area contributed by atoms with Crippen LogP contribution in [0, 0.1) is 0 Å². The van der Waals surface area contributed by atoms with Crippen LogP contribution in [0.2, 0.25) is 0 Å². The lowest BCUT2D eigenvalue weighted by Gasteiger charge is -2.43. The van der Waals surface area contributed by atoms with E-state index in [1.165, 1.54) is 7.11 Å². The minimum atomic E-state index is -1.50. The van der Waals surface area contributed by atoms with Crippen LogP contribution in [0.25, 0.3) is 0 Å². The van der Waals surface area contributed by atoms with Crippen molar-refractivity contribution in [3.8, 4) is 11.5 Å². The maximum absolute atomic E-state index is 13.2. The predicted octanol–water partition coefficient (Wildman–Crippen LogP) is 5.99. The van der Waals surface area contributed by atoms with Gasteiger partial charge >= 0.3 is 18.3 Å². The largest absolute Gasteiger partial charge is 0.457 e. The predicted molar refractivity (Wildman–Crippen MR) is 170 cm³/mol. The van der Waals surface area contributed by atoms with Gasteiger partial charge in [0.05, 0.1) is 6.61 Å². The SMILES string of the molecule is CO[C@H]1O[C@H](CO)[C@@H](OC(=O)Nc2ccc(Oc3ccccc3)cc2)[C@H](OC(=O)Nc2ccccc2)[C@H]1OC(=O)Nc1ccccc1. The molecule has 4 N–H and O–H groups in total. The van der Waals surface area contributed by atoms with E-state index in [0.717, 1.165) is 0 Å². The summed E-state index contributed by atoms with van der Waals surface area (Å²) in [5, 5.41) is 17.9. The van der Waals surface area contributed by atoms with E-state index < -0.39 is 55.6 Å². The molecule has 13 nitrogen and oxygen atoms in total. The van der Waals surface area contributed by atoms with Crippen LogP contribution >= 0.6 is 0 Å². The number of amides is 3. The van der Waals surface area contributed by atoms with Crippen LogP contribution in [0.4, 0.5) is 31.4 Å². The smallest absolute Gasteiger partial charge is 0.412 e. The zero-order valence-corrected chi connectivity index (χ0v) is 25.2. The fourth-order valence-electron chi connectivity index (χ4n) is 4.70. The van der Waals surface area contributed by atoms with Crippen molar-refractivity contribution < 1.29 is 47.9 Å². The lowest BCUT2D eigenvalue weighted by Crippen LogP contribution is -2.63. The van der Waals surface area contributed by atoms with Crippen LogP contribution in [0.1, 0.15) is 0 Å². The Balaban J connectivity index is 1.34. The van der Waals surface area contributed by atoms with E-state index in [4.69, 9.17) is 28.4 Å². The van der Waals surface area contributed by atoms with Crippen LogP contribution in [0.5, 0.6) is 11.5 Å². The summed E-state index contributed by atoms with van der Waals surface area (Å²) in [6, 6.07) is 32.7. The number of aliphatic hydroxyl groups is 1. The van der Waals surface area contributed by atoms with Gasteiger partial charge in [0.15, 0.2) is 24.6 Å². The van der Waals surface area contributed by atoms with Gasteiger partial charge in [-0.3, -0.25) is 16.0 Å². The molecule has 1 fully saturated rings. The highest BCUT2D eigenvalue weighted by Crippen LogP contribution is 2.30. The number of hydrogen-bond acceptors (Lipinski definition) is 10. The van der Waals surface area contributed by atoms with Crippen LogP contribution in [-0.2, 0) is 23.7 Å². The van der Waals surface area contributed by atoms with Gasteiger partial charge in [0.25, 0.3) is 0 Å². The molecule has 0 aliphatic carbocycles. The molecule has 5 atom stereocenters. The highest BCUT2D eigenvalue weighted by molar-refractivity contribution is 5.86. The van der Waals surface area contributed by atoms with Crippen LogP contribution in [0.15, 0.2) is 115 Å². The Morgan fingerprint density at radius 1 is 0.596 bits per heavy atom. The number of para-hydroxylation sites is 3. The van der Waals surface area contributed by atoms with Gasteiger partial charge in [-0.05, 0) is 60.7 Å². The van der Waals surface area contributed by atoms with Gasteiger partial charge in [0, 0.05) is 24.2 Å². The summed E-state index contributed by atoms with van der Waals surface area (Å²) >= 11 is 0. The van der Waals surface area contributed by atoms with Crippen LogP contribution < -0.4 is 20.7 Å². The number of aliphatic hydroxyl groups excluding tert-OH is 1. The summed E-state index contributed by atoms with van der Waals surface area (Å²) in [7, 11) is 1.28. The number of rotatable bonds is 10. The second-order valence-electron chi connectivity index (χ2n) is 10.1. The van der Waals surface area contributed by atoms with Crippen molar-refractivity contribution in [2.45, 2.75) is 30.7 Å². The second kappa shape index (κ2) is 16.1. The first-order chi connectivity index (χ1) is 22.9. The summed E-state index contributed by atoms with van der Waals surface area (Å²) in [6.07, 6.45) is -9.79. The molecule has 1 saturated heterocycles. The van der Waals surface area contributed by atoms with E-state index in [2.05, 4.69) is 16.0 Å². The summed E-state index contributed by atoms with van der Waals surface area (Å²) in [5.74, 6) is 1.18.